The van der Waals surface area contributed by atoms with Crippen LogP contribution in [0.1, 0.15) is 24.1 Å². The van der Waals surface area contributed by atoms with E-state index in [0.717, 1.165) is 5.56 Å². The van der Waals surface area contributed by atoms with Gasteiger partial charge in [-0.15, -0.1) is 12.4 Å². The summed E-state index contributed by atoms with van der Waals surface area (Å²) in [6.45, 7) is 1.95. The molecule has 24 heavy (non-hydrogen) atoms. The first-order valence-electron chi connectivity index (χ1n) is 7.50. The van der Waals surface area contributed by atoms with Gasteiger partial charge in [-0.2, -0.15) is 0 Å². The molecule has 0 spiro atoms. The van der Waals surface area contributed by atoms with E-state index in [-0.39, 0.29) is 42.4 Å². The maximum Gasteiger partial charge on any atom is 0.224 e. The molecule has 2 aromatic rings. The van der Waals surface area contributed by atoms with Crippen molar-refractivity contribution in [1.82, 2.24) is 5.32 Å². The third kappa shape index (κ3) is 5.58. The highest BCUT2D eigenvalue weighted by Crippen LogP contribution is 2.20. The van der Waals surface area contributed by atoms with Crippen LogP contribution in [0.15, 0.2) is 48.5 Å². The molecule has 0 radical (unpaired) electrons. The minimum absolute atomic E-state index is 0. The molecule has 130 valence electrons. The highest BCUT2D eigenvalue weighted by Gasteiger charge is 2.19. The highest BCUT2D eigenvalue weighted by molar-refractivity contribution is 5.85. The lowest BCUT2D eigenvalue weighted by Gasteiger charge is -2.21. The smallest absolute Gasteiger partial charge is 0.224 e. The van der Waals surface area contributed by atoms with Gasteiger partial charge in [-0.25, -0.2) is 8.78 Å². The summed E-state index contributed by atoms with van der Waals surface area (Å²) in [6, 6.07) is 11.7. The van der Waals surface area contributed by atoms with Crippen molar-refractivity contribution in [2.45, 2.75) is 19.4 Å². The largest absolute Gasteiger partial charge is 0.349 e. The molecule has 0 saturated heterocycles. The SMILES string of the molecule is CC(CN)C(=O)NC(Cc1cccc(F)c1)c1cccc(F)c1.Cl. The van der Waals surface area contributed by atoms with Gasteiger partial charge in [0.25, 0.3) is 0 Å². The van der Waals surface area contributed by atoms with Crippen LogP contribution in [0.4, 0.5) is 8.78 Å². The number of benzene rings is 2. The molecule has 0 aliphatic rings. The van der Waals surface area contributed by atoms with Crippen molar-refractivity contribution in [1.29, 1.82) is 0 Å². The highest BCUT2D eigenvalue weighted by atomic mass is 35.5. The zero-order chi connectivity index (χ0) is 16.8. The molecule has 0 heterocycles. The molecule has 3 N–H and O–H groups in total. The number of amides is 1. The van der Waals surface area contributed by atoms with Crippen LogP contribution in [0.3, 0.4) is 0 Å². The Morgan fingerprint density at radius 3 is 2.33 bits per heavy atom. The van der Waals surface area contributed by atoms with Gasteiger partial charge in [-0.1, -0.05) is 31.2 Å². The van der Waals surface area contributed by atoms with E-state index in [9.17, 15) is 13.6 Å². The number of carbonyl (C=O) groups excluding carboxylic acids is 1. The van der Waals surface area contributed by atoms with E-state index >= 15 is 0 Å². The molecule has 2 atom stereocenters. The summed E-state index contributed by atoms with van der Waals surface area (Å²) in [4.78, 5) is 12.1. The fraction of sp³-hybridized carbons (Fsp3) is 0.278. The van der Waals surface area contributed by atoms with Crippen LogP contribution in [0.5, 0.6) is 0 Å². The average Bonchev–Trinajstić information content (AvgIpc) is 2.53. The zero-order valence-electron chi connectivity index (χ0n) is 13.3. The quantitative estimate of drug-likeness (QED) is 0.835. The average molecular weight is 355 g/mol. The Labute approximate surface area is 146 Å². The van der Waals surface area contributed by atoms with Crippen molar-refractivity contribution in [3.8, 4) is 0 Å². The molecule has 2 unspecified atom stereocenters. The summed E-state index contributed by atoms with van der Waals surface area (Å²) in [5.74, 6) is -1.29. The molecule has 0 bridgehead atoms. The van der Waals surface area contributed by atoms with Crippen molar-refractivity contribution in [2.75, 3.05) is 6.54 Å². The molecule has 0 fully saturated rings. The van der Waals surface area contributed by atoms with E-state index in [0.29, 0.717) is 12.0 Å². The van der Waals surface area contributed by atoms with Crippen molar-refractivity contribution >= 4 is 18.3 Å². The molecule has 3 nitrogen and oxygen atoms in total. The van der Waals surface area contributed by atoms with Gasteiger partial charge in [0.1, 0.15) is 11.6 Å². The summed E-state index contributed by atoms with van der Waals surface area (Å²) < 4.78 is 26.9. The van der Waals surface area contributed by atoms with Crippen molar-refractivity contribution < 1.29 is 13.6 Å². The van der Waals surface area contributed by atoms with E-state index in [1.165, 1.54) is 24.3 Å². The monoisotopic (exact) mass is 354 g/mol. The zero-order valence-corrected chi connectivity index (χ0v) is 14.2. The molecule has 2 aromatic carbocycles. The molecular weight excluding hydrogens is 334 g/mol. The maximum atomic E-state index is 13.5. The van der Waals surface area contributed by atoms with Gasteiger partial charge in [0, 0.05) is 12.5 Å². The van der Waals surface area contributed by atoms with Gasteiger partial charge in [0.05, 0.1) is 6.04 Å². The number of rotatable bonds is 6. The van der Waals surface area contributed by atoms with Gasteiger partial charge in [-0.05, 0) is 41.8 Å². The lowest BCUT2D eigenvalue weighted by Crippen LogP contribution is -2.36. The predicted octanol–water partition coefficient (Wildman–Crippen LogP) is 3.38. The van der Waals surface area contributed by atoms with Crippen molar-refractivity contribution in [3.05, 3.63) is 71.3 Å². The summed E-state index contributed by atoms with van der Waals surface area (Å²) in [6.07, 6.45) is 0.365. The first-order valence-corrected chi connectivity index (χ1v) is 7.50. The Morgan fingerprint density at radius 2 is 1.75 bits per heavy atom. The minimum atomic E-state index is -0.450. The van der Waals surface area contributed by atoms with E-state index in [2.05, 4.69) is 5.32 Å². The third-order valence-corrected chi connectivity index (χ3v) is 3.70. The van der Waals surface area contributed by atoms with Gasteiger partial charge >= 0.3 is 0 Å². The number of halogens is 3. The molecule has 0 aromatic heterocycles. The fourth-order valence-corrected chi connectivity index (χ4v) is 2.30. The van der Waals surface area contributed by atoms with Crippen LogP contribution in [0, 0.1) is 17.6 Å². The first kappa shape index (κ1) is 20.1. The van der Waals surface area contributed by atoms with Gasteiger partial charge < -0.3 is 11.1 Å². The van der Waals surface area contributed by atoms with E-state index in [1.54, 1.807) is 31.2 Å². The van der Waals surface area contributed by atoms with Crippen LogP contribution >= 0.6 is 12.4 Å². The number of hydrogen-bond donors (Lipinski definition) is 2. The Bertz CT molecular complexity index is 682. The summed E-state index contributed by atoms with van der Waals surface area (Å²) in [5.41, 5.74) is 6.87. The molecule has 1 amide bonds. The van der Waals surface area contributed by atoms with Crippen molar-refractivity contribution in [2.24, 2.45) is 11.7 Å². The topological polar surface area (TPSA) is 55.1 Å². The van der Waals surface area contributed by atoms with Crippen LogP contribution < -0.4 is 11.1 Å². The lowest BCUT2D eigenvalue weighted by atomic mass is 9.97. The molecule has 0 aliphatic carbocycles. The Morgan fingerprint density at radius 1 is 1.12 bits per heavy atom. The number of nitrogens with one attached hydrogen (secondary N) is 1. The second kappa shape index (κ2) is 9.35. The summed E-state index contributed by atoms with van der Waals surface area (Å²) in [7, 11) is 0. The van der Waals surface area contributed by atoms with Crippen molar-refractivity contribution in [3.63, 3.8) is 0 Å². The number of hydrogen-bond acceptors (Lipinski definition) is 2. The lowest BCUT2D eigenvalue weighted by molar-refractivity contribution is -0.125. The molecule has 0 saturated carbocycles. The van der Waals surface area contributed by atoms with Crippen LogP contribution in [0.2, 0.25) is 0 Å². The normalized spacial score (nSPS) is 12.8. The second-order valence-corrected chi connectivity index (χ2v) is 5.59. The Balaban J connectivity index is 0.00000288. The Hall–Kier alpha value is -1.98. The summed E-state index contributed by atoms with van der Waals surface area (Å²) >= 11 is 0. The van der Waals surface area contributed by atoms with Crippen LogP contribution in [-0.4, -0.2) is 12.5 Å². The van der Waals surface area contributed by atoms with Gasteiger partial charge in [-0.3, -0.25) is 4.79 Å². The maximum absolute atomic E-state index is 13.5. The van der Waals surface area contributed by atoms with Crippen LogP contribution in [0.25, 0.3) is 0 Å². The standard InChI is InChI=1S/C18H20F2N2O.ClH/c1-12(11-21)18(23)22-17(14-5-3-7-16(20)10-14)9-13-4-2-6-15(19)8-13;/h2-8,10,12,17H,9,11,21H2,1H3,(H,22,23);1H. The molecule has 2 rings (SSSR count). The van der Waals surface area contributed by atoms with Gasteiger partial charge in [0.2, 0.25) is 5.91 Å². The minimum Gasteiger partial charge on any atom is -0.349 e. The van der Waals surface area contributed by atoms with E-state index < -0.39 is 6.04 Å². The number of nitrogens with two attached hydrogens (primary N) is 1. The third-order valence-electron chi connectivity index (χ3n) is 3.70. The first-order chi connectivity index (χ1) is 11.0. The fourth-order valence-electron chi connectivity index (χ4n) is 2.30. The second-order valence-electron chi connectivity index (χ2n) is 5.59. The molecule has 0 aliphatic heterocycles. The number of carbonyl (C=O) groups is 1. The molecular formula is C18H21ClF2N2O. The summed E-state index contributed by atoms with van der Waals surface area (Å²) in [5, 5.41) is 2.87. The van der Waals surface area contributed by atoms with E-state index in [1.807, 2.05) is 0 Å². The van der Waals surface area contributed by atoms with Gasteiger partial charge in [0.15, 0.2) is 0 Å². The van der Waals surface area contributed by atoms with Crippen LogP contribution in [-0.2, 0) is 11.2 Å². The predicted molar refractivity (Wildman–Crippen MR) is 92.9 cm³/mol. The van der Waals surface area contributed by atoms with E-state index in [4.69, 9.17) is 5.73 Å². The Kier molecular flexibility index (Phi) is 7.82. The molecule has 6 heteroatoms.